The fourth-order valence-corrected chi connectivity index (χ4v) is 4.58. The van der Waals surface area contributed by atoms with E-state index in [0.717, 1.165) is 47.2 Å². The van der Waals surface area contributed by atoms with E-state index in [1.807, 2.05) is 13.8 Å². The predicted octanol–water partition coefficient (Wildman–Crippen LogP) is 3.60. The van der Waals surface area contributed by atoms with Crippen LogP contribution in [0.15, 0.2) is 30.3 Å². The number of hydrogen-bond acceptors (Lipinski definition) is 7. The molecule has 0 fully saturated rings. The lowest BCUT2D eigenvalue weighted by atomic mass is 9.86. The lowest BCUT2D eigenvalue weighted by Crippen LogP contribution is -2.19. The van der Waals surface area contributed by atoms with Gasteiger partial charge in [0, 0.05) is 18.5 Å². The maximum atomic E-state index is 13.8. The van der Waals surface area contributed by atoms with Crippen molar-refractivity contribution >= 4 is 12.0 Å². The topological polar surface area (TPSA) is 134 Å². The lowest BCUT2D eigenvalue weighted by molar-refractivity contribution is -0.139. The molecule has 36 heavy (non-hydrogen) atoms. The molecule has 0 unspecified atom stereocenters. The van der Waals surface area contributed by atoms with E-state index in [4.69, 9.17) is 10.1 Å². The van der Waals surface area contributed by atoms with E-state index in [2.05, 4.69) is 15.5 Å². The smallest absolute Gasteiger partial charge is 0.305 e. The van der Waals surface area contributed by atoms with Crippen molar-refractivity contribution in [1.82, 2.24) is 25.2 Å². The Morgan fingerprint density at radius 3 is 2.64 bits per heavy atom. The molecule has 1 aromatic carbocycles. The average Bonchev–Trinajstić information content (AvgIpc) is 3.26. The number of hydrogen-bond donors (Lipinski definition) is 3. The van der Waals surface area contributed by atoms with Crippen LogP contribution in [0.25, 0.3) is 28.7 Å². The number of fused-ring (bicyclic) bond motifs is 3. The summed E-state index contributed by atoms with van der Waals surface area (Å²) in [5.74, 6) is -0.891. The molecule has 9 nitrogen and oxygen atoms in total. The minimum Gasteiger partial charge on any atom is -0.481 e. The highest BCUT2D eigenvalue weighted by atomic mass is 19.1. The van der Waals surface area contributed by atoms with Gasteiger partial charge in [0.05, 0.1) is 24.3 Å². The van der Waals surface area contributed by atoms with E-state index in [1.54, 1.807) is 29.0 Å². The van der Waals surface area contributed by atoms with Gasteiger partial charge in [-0.25, -0.2) is 14.1 Å². The molecule has 3 N–H and O–H groups in total. The number of pyridine rings is 1. The second-order valence-electron chi connectivity index (χ2n) is 9.37. The molecule has 2 atom stereocenters. The average molecular weight is 496 g/mol. The predicted molar refractivity (Wildman–Crippen MR) is 131 cm³/mol. The Hall–Kier alpha value is -3.50. The molecule has 3 aromatic rings. The zero-order chi connectivity index (χ0) is 25.8. The van der Waals surface area contributed by atoms with Gasteiger partial charge in [0.1, 0.15) is 11.5 Å². The first-order valence-electron chi connectivity index (χ1n) is 12.1. The van der Waals surface area contributed by atoms with Gasteiger partial charge >= 0.3 is 5.97 Å². The Morgan fingerprint density at radius 1 is 1.19 bits per heavy atom. The summed E-state index contributed by atoms with van der Waals surface area (Å²) in [6.07, 6.45) is 3.01. The molecule has 0 amide bonds. The molecule has 10 heteroatoms. The summed E-state index contributed by atoms with van der Waals surface area (Å²) in [5, 5.41) is 41.6. The van der Waals surface area contributed by atoms with Crippen molar-refractivity contribution < 1.29 is 24.5 Å². The van der Waals surface area contributed by atoms with E-state index < -0.39 is 24.6 Å². The molecule has 0 saturated heterocycles. The van der Waals surface area contributed by atoms with E-state index in [0.29, 0.717) is 18.1 Å². The van der Waals surface area contributed by atoms with Crippen LogP contribution in [0.2, 0.25) is 0 Å². The molecule has 4 rings (SSSR count). The number of aliphatic hydroxyl groups excluding tert-OH is 2. The number of benzene rings is 1. The highest BCUT2D eigenvalue weighted by Gasteiger charge is 2.26. The zero-order valence-electron chi connectivity index (χ0n) is 20.3. The third kappa shape index (κ3) is 5.66. The third-order valence-corrected chi connectivity index (χ3v) is 6.24. The molecule has 0 bridgehead atoms. The van der Waals surface area contributed by atoms with Crippen molar-refractivity contribution in [2.75, 3.05) is 0 Å². The fraction of sp³-hybridized carbons (Fsp3) is 0.423. The van der Waals surface area contributed by atoms with Crippen LogP contribution in [-0.2, 0) is 17.8 Å². The Balaban J connectivity index is 1.89. The number of aryl methyl sites for hydroxylation is 1. The second kappa shape index (κ2) is 11.0. The van der Waals surface area contributed by atoms with Gasteiger partial charge in [-0.05, 0) is 64.4 Å². The van der Waals surface area contributed by atoms with Gasteiger partial charge in [0.2, 0.25) is 5.82 Å². The minimum atomic E-state index is -1.17. The third-order valence-electron chi connectivity index (χ3n) is 6.24. The van der Waals surface area contributed by atoms with Gasteiger partial charge in [-0.3, -0.25) is 4.79 Å². The highest BCUT2D eigenvalue weighted by molar-refractivity contribution is 5.84. The fourth-order valence-electron chi connectivity index (χ4n) is 4.58. The van der Waals surface area contributed by atoms with E-state index >= 15 is 0 Å². The summed E-state index contributed by atoms with van der Waals surface area (Å²) in [6.45, 7) is 4.72. The summed E-state index contributed by atoms with van der Waals surface area (Å²) in [4.78, 5) is 15.9. The van der Waals surface area contributed by atoms with Crippen molar-refractivity contribution in [2.45, 2.75) is 70.6 Å². The molecule has 3 heterocycles. The van der Waals surface area contributed by atoms with E-state index in [-0.39, 0.29) is 18.2 Å². The molecule has 1 aliphatic heterocycles. The first-order chi connectivity index (χ1) is 17.2. The van der Waals surface area contributed by atoms with Crippen LogP contribution in [-0.4, -0.2) is 58.7 Å². The van der Waals surface area contributed by atoms with Crippen LogP contribution in [0.4, 0.5) is 4.39 Å². The van der Waals surface area contributed by atoms with Crippen molar-refractivity contribution in [3.8, 4) is 22.6 Å². The highest BCUT2D eigenvalue weighted by Crippen LogP contribution is 2.39. The number of carboxylic acid groups (broad SMARTS) is 1. The van der Waals surface area contributed by atoms with E-state index in [1.165, 1.54) is 12.1 Å². The maximum absolute atomic E-state index is 13.8. The normalized spacial score (nSPS) is 15.3. The summed E-state index contributed by atoms with van der Waals surface area (Å²) in [5.41, 5.74) is 4.85. The molecule has 0 saturated carbocycles. The SMILES string of the molecule is CC(C)c1nc2c(c(-c3ccc(F)cc3)c1C=C[C@@H](O)C[C@@H](O)CC(=O)O)CCCCn1nnnc1-2. The monoisotopic (exact) mass is 495 g/mol. The number of tetrazole rings is 1. The Kier molecular flexibility index (Phi) is 7.85. The van der Waals surface area contributed by atoms with Crippen LogP contribution >= 0.6 is 0 Å². The molecule has 190 valence electrons. The molecule has 0 aliphatic carbocycles. The molecule has 1 aliphatic rings. The molecule has 0 spiro atoms. The van der Waals surface area contributed by atoms with Crippen LogP contribution < -0.4 is 0 Å². The Labute approximate surface area is 208 Å². The quantitative estimate of drug-likeness (QED) is 0.432. The number of nitrogens with zero attached hydrogens (tertiary/aromatic N) is 5. The van der Waals surface area contributed by atoms with Gasteiger partial charge in [-0.2, -0.15) is 0 Å². The van der Waals surface area contributed by atoms with Gasteiger partial charge in [0.15, 0.2) is 0 Å². The number of aliphatic carboxylic acids is 1. The minimum absolute atomic E-state index is 0.00124. The summed E-state index contributed by atoms with van der Waals surface area (Å²) in [7, 11) is 0. The number of carboxylic acids is 1. The van der Waals surface area contributed by atoms with Crippen LogP contribution in [0.1, 0.15) is 62.3 Å². The van der Waals surface area contributed by atoms with Gasteiger partial charge < -0.3 is 15.3 Å². The molecule has 2 aromatic heterocycles. The summed E-state index contributed by atoms with van der Waals surface area (Å²) in [6, 6.07) is 6.27. The number of rotatable bonds is 8. The molecular formula is C26H30FN5O4. The second-order valence-corrected chi connectivity index (χ2v) is 9.37. The van der Waals surface area contributed by atoms with Gasteiger partial charge in [-0.1, -0.05) is 38.1 Å². The van der Waals surface area contributed by atoms with Crippen LogP contribution in [0.5, 0.6) is 0 Å². The summed E-state index contributed by atoms with van der Waals surface area (Å²) < 4.78 is 15.6. The first-order valence-corrected chi connectivity index (χ1v) is 12.1. The standard InChI is InChI=1S/C26H30FN5O4/c1-15(2)24-21(11-10-18(33)13-19(34)14-22(35)36)23(16-6-8-17(27)9-7-16)20-5-3-4-12-32-26(25(20)28-24)29-30-31-32/h6-11,15,18-19,33-34H,3-5,12-14H2,1-2H3,(H,35,36)/t18-,19-/m1/s1. The maximum Gasteiger partial charge on any atom is 0.305 e. The number of halogens is 1. The molecular weight excluding hydrogens is 465 g/mol. The van der Waals surface area contributed by atoms with Gasteiger partial charge in [-0.15, -0.1) is 5.10 Å². The van der Waals surface area contributed by atoms with Crippen molar-refractivity contribution in [3.63, 3.8) is 0 Å². The van der Waals surface area contributed by atoms with Crippen molar-refractivity contribution in [1.29, 1.82) is 0 Å². The van der Waals surface area contributed by atoms with Gasteiger partial charge in [0.25, 0.3) is 0 Å². The van der Waals surface area contributed by atoms with E-state index in [9.17, 15) is 19.4 Å². The van der Waals surface area contributed by atoms with Crippen molar-refractivity contribution in [2.24, 2.45) is 0 Å². The zero-order valence-corrected chi connectivity index (χ0v) is 20.3. The number of carbonyl (C=O) groups is 1. The largest absolute Gasteiger partial charge is 0.481 e. The number of aromatic nitrogens is 5. The van der Waals surface area contributed by atoms with Crippen LogP contribution in [0, 0.1) is 5.82 Å². The number of aliphatic hydroxyl groups is 2. The first kappa shape index (κ1) is 25.6. The lowest BCUT2D eigenvalue weighted by Gasteiger charge is -2.23. The Morgan fingerprint density at radius 2 is 1.94 bits per heavy atom. The summed E-state index contributed by atoms with van der Waals surface area (Å²) >= 11 is 0. The van der Waals surface area contributed by atoms with Crippen LogP contribution in [0.3, 0.4) is 0 Å². The molecule has 0 radical (unpaired) electrons. The Bertz CT molecular complexity index is 1260. The van der Waals surface area contributed by atoms with Crippen molar-refractivity contribution in [3.05, 3.63) is 53.0 Å².